The van der Waals surface area contributed by atoms with Gasteiger partial charge in [0.2, 0.25) is 0 Å². The van der Waals surface area contributed by atoms with Gasteiger partial charge in [-0.15, -0.1) is 11.8 Å². The van der Waals surface area contributed by atoms with E-state index in [1.54, 1.807) is 18.4 Å². The lowest BCUT2D eigenvalue weighted by Crippen LogP contribution is -2.03. The number of carbonyl (C=O) groups excluding carboxylic acids is 1. The fraction of sp³-hybridized carbons (Fsp3) is 0.417. The van der Waals surface area contributed by atoms with Crippen molar-refractivity contribution in [3.63, 3.8) is 0 Å². The first kappa shape index (κ1) is 15.5. The molecule has 0 saturated carbocycles. The molecule has 0 aromatic heterocycles. The summed E-state index contributed by atoms with van der Waals surface area (Å²) < 4.78 is 23.5. The van der Waals surface area contributed by atoms with Crippen molar-refractivity contribution in [1.82, 2.24) is 0 Å². The van der Waals surface area contributed by atoms with Crippen molar-refractivity contribution in [2.45, 2.75) is 29.1 Å². The van der Waals surface area contributed by atoms with Crippen molar-refractivity contribution in [1.29, 1.82) is 0 Å². The first-order valence-corrected chi connectivity index (χ1v) is 8.81. The second-order valence-corrected chi connectivity index (χ2v) is 7.32. The minimum absolute atomic E-state index is 0.0450. The normalized spacial score (nSPS) is 13.3. The van der Waals surface area contributed by atoms with Crippen molar-refractivity contribution in [2.75, 3.05) is 12.5 Å². The van der Waals surface area contributed by atoms with Gasteiger partial charge in [0.15, 0.2) is 9.84 Å². The van der Waals surface area contributed by atoms with E-state index in [4.69, 9.17) is 11.6 Å². The first-order valence-electron chi connectivity index (χ1n) is 5.32. The molecule has 100 valence electrons. The lowest BCUT2D eigenvalue weighted by atomic mass is 9.99. The molecule has 1 aromatic carbocycles. The average molecular weight is 307 g/mol. The third kappa shape index (κ3) is 3.49. The summed E-state index contributed by atoms with van der Waals surface area (Å²) >= 11 is 7.41. The molecule has 1 atom stereocenters. The molecule has 0 fully saturated rings. The van der Waals surface area contributed by atoms with Crippen LogP contribution in [0.25, 0.3) is 0 Å². The van der Waals surface area contributed by atoms with E-state index < -0.39 is 9.84 Å². The van der Waals surface area contributed by atoms with Crippen LogP contribution in [0.15, 0.2) is 21.9 Å². The van der Waals surface area contributed by atoms with Gasteiger partial charge in [0.25, 0.3) is 0 Å². The average Bonchev–Trinajstić information content (AvgIpc) is 2.27. The summed E-state index contributed by atoms with van der Waals surface area (Å²) in [6.45, 7) is 1.87. The van der Waals surface area contributed by atoms with Gasteiger partial charge in [-0.25, -0.2) is 8.42 Å². The zero-order valence-corrected chi connectivity index (χ0v) is 12.8. The summed E-state index contributed by atoms with van der Waals surface area (Å²) in [5.41, 5.74) is 0.769. The monoisotopic (exact) mass is 306 g/mol. The zero-order chi connectivity index (χ0) is 13.9. The first-order chi connectivity index (χ1) is 8.31. The van der Waals surface area contributed by atoms with Crippen molar-refractivity contribution < 1.29 is 13.2 Å². The standard InChI is InChI=1S/C12H15ClO3S2/c1-8(4-5-14)9-6-10(13)12(17-2)11(7-9)18(3,15)16/h5-8H,4H2,1-3H3. The van der Waals surface area contributed by atoms with Crippen LogP contribution in [0.1, 0.15) is 24.8 Å². The van der Waals surface area contributed by atoms with Gasteiger partial charge in [0, 0.05) is 17.6 Å². The Kier molecular flexibility index (Phi) is 5.25. The zero-order valence-electron chi connectivity index (χ0n) is 10.4. The quantitative estimate of drug-likeness (QED) is 0.619. The number of rotatable bonds is 5. The molecule has 0 bridgehead atoms. The van der Waals surface area contributed by atoms with Crippen LogP contribution in [0.3, 0.4) is 0 Å². The van der Waals surface area contributed by atoms with Gasteiger partial charge >= 0.3 is 0 Å². The lowest BCUT2D eigenvalue weighted by molar-refractivity contribution is -0.108. The number of hydrogen-bond acceptors (Lipinski definition) is 4. The van der Waals surface area contributed by atoms with Crippen molar-refractivity contribution in [2.24, 2.45) is 0 Å². The van der Waals surface area contributed by atoms with Crippen molar-refractivity contribution >= 4 is 39.5 Å². The highest BCUT2D eigenvalue weighted by Crippen LogP contribution is 2.35. The van der Waals surface area contributed by atoms with Crippen LogP contribution in [0, 0.1) is 0 Å². The Labute approximate surface area is 117 Å². The maximum atomic E-state index is 11.8. The molecule has 0 saturated heterocycles. The Morgan fingerprint density at radius 2 is 2.06 bits per heavy atom. The number of thioether (sulfide) groups is 1. The molecule has 0 radical (unpaired) electrons. The minimum Gasteiger partial charge on any atom is -0.303 e. The molecule has 0 heterocycles. The van der Waals surface area contributed by atoms with Crippen LogP contribution in [-0.4, -0.2) is 27.2 Å². The molecule has 3 nitrogen and oxygen atoms in total. The molecule has 1 aromatic rings. The van der Waals surface area contributed by atoms with Crippen LogP contribution in [-0.2, 0) is 14.6 Å². The van der Waals surface area contributed by atoms with E-state index in [0.717, 1.165) is 18.1 Å². The summed E-state index contributed by atoms with van der Waals surface area (Å²) in [6.07, 6.45) is 4.11. The molecule has 0 aliphatic heterocycles. The second kappa shape index (κ2) is 6.08. The molecule has 0 spiro atoms. The number of hydrogen-bond donors (Lipinski definition) is 0. The summed E-state index contributed by atoms with van der Waals surface area (Å²) in [4.78, 5) is 11.3. The summed E-state index contributed by atoms with van der Waals surface area (Å²) in [7, 11) is -3.33. The molecular formula is C12H15ClO3S2. The Balaban J connectivity index is 3.44. The SMILES string of the molecule is CSc1c(Cl)cc(C(C)CC=O)cc1S(C)(=O)=O. The molecule has 0 aliphatic carbocycles. The Bertz CT molecular complexity index is 553. The van der Waals surface area contributed by atoms with Crippen LogP contribution >= 0.6 is 23.4 Å². The van der Waals surface area contributed by atoms with Crippen LogP contribution in [0.5, 0.6) is 0 Å². The summed E-state index contributed by atoms with van der Waals surface area (Å²) in [5, 5.41) is 0.415. The predicted octanol–water partition coefficient (Wildman–Crippen LogP) is 3.16. The molecule has 0 aliphatic rings. The maximum absolute atomic E-state index is 11.8. The van der Waals surface area contributed by atoms with E-state index in [0.29, 0.717) is 16.3 Å². The second-order valence-electron chi connectivity index (χ2n) is 4.11. The Hall–Kier alpha value is -0.520. The number of halogens is 1. The highest BCUT2D eigenvalue weighted by atomic mass is 35.5. The third-order valence-electron chi connectivity index (χ3n) is 2.65. The smallest absolute Gasteiger partial charge is 0.176 e. The van der Waals surface area contributed by atoms with E-state index in [-0.39, 0.29) is 10.8 Å². The highest BCUT2D eigenvalue weighted by molar-refractivity contribution is 7.99. The number of aldehydes is 1. The van der Waals surface area contributed by atoms with Gasteiger partial charge in [-0.1, -0.05) is 18.5 Å². The molecule has 0 N–H and O–H groups in total. The van der Waals surface area contributed by atoms with E-state index in [9.17, 15) is 13.2 Å². The fourth-order valence-corrected chi connectivity index (χ4v) is 4.16. The Morgan fingerprint density at radius 1 is 1.44 bits per heavy atom. The van der Waals surface area contributed by atoms with E-state index in [1.807, 2.05) is 6.92 Å². The number of sulfone groups is 1. The summed E-state index contributed by atoms with van der Waals surface area (Å²) in [6, 6.07) is 3.34. The van der Waals surface area contributed by atoms with Crippen molar-refractivity contribution in [3.8, 4) is 0 Å². The van der Waals surface area contributed by atoms with Gasteiger partial charge in [0.1, 0.15) is 6.29 Å². The van der Waals surface area contributed by atoms with Crippen LogP contribution < -0.4 is 0 Å². The molecular weight excluding hydrogens is 292 g/mol. The molecule has 0 amide bonds. The van der Waals surface area contributed by atoms with Gasteiger partial charge in [-0.3, -0.25) is 0 Å². The molecule has 18 heavy (non-hydrogen) atoms. The fourth-order valence-electron chi connectivity index (χ4n) is 1.63. The van der Waals surface area contributed by atoms with Crippen LogP contribution in [0.2, 0.25) is 5.02 Å². The summed E-state index contributed by atoms with van der Waals surface area (Å²) in [5.74, 6) is -0.0450. The lowest BCUT2D eigenvalue weighted by Gasteiger charge is -2.14. The predicted molar refractivity (Wildman–Crippen MR) is 75.4 cm³/mol. The topological polar surface area (TPSA) is 51.2 Å². The maximum Gasteiger partial charge on any atom is 0.176 e. The molecule has 1 unspecified atom stereocenters. The van der Waals surface area contributed by atoms with Crippen LogP contribution in [0.4, 0.5) is 0 Å². The van der Waals surface area contributed by atoms with E-state index in [2.05, 4.69) is 0 Å². The highest BCUT2D eigenvalue weighted by Gasteiger charge is 2.19. The van der Waals surface area contributed by atoms with Gasteiger partial charge < -0.3 is 4.79 Å². The van der Waals surface area contributed by atoms with E-state index in [1.165, 1.54) is 11.8 Å². The van der Waals surface area contributed by atoms with Gasteiger partial charge in [-0.2, -0.15) is 0 Å². The van der Waals surface area contributed by atoms with Gasteiger partial charge in [0.05, 0.1) is 9.92 Å². The van der Waals surface area contributed by atoms with Crippen molar-refractivity contribution in [3.05, 3.63) is 22.7 Å². The minimum atomic E-state index is -3.33. The van der Waals surface area contributed by atoms with Gasteiger partial charge in [-0.05, 0) is 29.9 Å². The molecule has 1 rings (SSSR count). The molecule has 6 heteroatoms. The Morgan fingerprint density at radius 3 is 2.50 bits per heavy atom. The number of benzene rings is 1. The van der Waals surface area contributed by atoms with E-state index >= 15 is 0 Å². The largest absolute Gasteiger partial charge is 0.303 e. The number of carbonyl (C=O) groups is 1. The third-order valence-corrected chi connectivity index (χ3v) is 5.16.